The minimum atomic E-state index is -0.760. The van der Waals surface area contributed by atoms with Gasteiger partial charge in [-0.3, -0.25) is 14.4 Å². The Morgan fingerprint density at radius 2 is 0.435 bits per heavy atom. The molecule has 6 heteroatoms. The molecule has 368 valence electrons. The monoisotopic (exact) mass is 877 g/mol. The van der Waals surface area contributed by atoms with Crippen molar-refractivity contribution in [2.75, 3.05) is 13.2 Å². The first-order valence-electron chi connectivity index (χ1n) is 28.0. The van der Waals surface area contributed by atoms with Crippen molar-refractivity contribution in [2.45, 2.75) is 329 Å². The largest absolute Gasteiger partial charge is 0.462 e. The molecule has 0 saturated carbocycles. The third-order valence-corrected chi connectivity index (χ3v) is 12.9. The van der Waals surface area contributed by atoms with Crippen LogP contribution in [0.1, 0.15) is 323 Å². The van der Waals surface area contributed by atoms with Crippen molar-refractivity contribution in [3.63, 3.8) is 0 Å². The van der Waals surface area contributed by atoms with E-state index in [0.29, 0.717) is 19.3 Å². The van der Waals surface area contributed by atoms with E-state index in [2.05, 4.69) is 20.8 Å². The molecule has 0 aliphatic heterocycles. The highest BCUT2D eigenvalue weighted by Gasteiger charge is 2.19. The predicted octanol–water partition coefficient (Wildman–Crippen LogP) is 18.4. The number of carbonyl (C=O) groups excluding carboxylic acids is 3. The number of hydrogen-bond donors (Lipinski definition) is 0. The molecule has 0 bridgehead atoms. The summed E-state index contributed by atoms with van der Waals surface area (Å²) in [4.78, 5) is 38.0. The zero-order valence-corrected chi connectivity index (χ0v) is 42.2. The van der Waals surface area contributed by atoms with Crippen LogP contribution in [0, 0.1) is 0 Å². The molecule has 1 unspecified atom stereocenters. The average molecular weight is 877 g/mol. The molecule has 0 rings (SSSR count). The number of carbonyl (C=O) groups is 3. The van der Waals surface area contributed by atoms with E-state index in [0.717, 1.165) is 57.8 Å². The van der Waals surface area contributed by atoms with E-state index in [1.54, 1.807) is 0 Å². The molecule has 0 aliphatic rings. The number of esters is 3. The molecule has 0 aliphatic carbocycles. The highest BCUT2D eigenvalue weighted by Crippen LogP contribution is 2.17. The Bertz CT molecular complexity index is 920. The predicted molar refractivity (Wildman–Crippen MR) is 266 cm³/mol. The van der Waals surface area contributed by atoms with Gasteiger partial charge in [0.15, 0.2) is 6.10 Å². The van der Waals surface area contributed by atoms with E-state index < -0.39 is 6.10 Å². The van der Waals surface area contributed by atoms with Crippen molar-refractivity contribution in [1.82, 2.24) is 0 Å². The van der Waals surface area contributed by atoms with Crippen molar-refractivity contribution >= 4 is 17.9 Å². The quantitative estimate of drug-likeness (QED) is 0.0344. The lowest BCUT2D eigenvalue weighted by Gasteiger charge is -2.18. The summed E-state index contributed by atoms with van der Waals surface area (Å²) >= 11 is 0. The van der Waals surface area contributed by atoms with E-state index in [4.69, 9.17) is 14.2 Å². The standard InChI is InChI=1S/C56H108O6/c1-4-7-10-13-16-19-22-25-26-27-28-29-32-34-37-40-43-46-49-55(58)61-52-53(62-56(59)50-47-44-41-38-35-31-24-21-18-15-12-9-6-3)51-60-54(57)48-45-42-39-36-33-30-23-20-17-14-11-8-5-2/h53H,4-52H2,1-3H3. The van der Waals surface area contributed by atoms with Crippen LogP contribution in [0.25, 0.3) is 0 Å². The lowest BCUT2D eigenvalue weighted by atomic mass is 10.0. The molecule has 0 amide bonds. The maximum atomic E-state index is 12.8. The second kappa shape index (κ2) is 52.0. The molecule has 0 radical (unpaired) electrons. The van der Waals surface area contributed by atoms with E-state index in [9.17, 15) is 14.4 Å². The van der Waals surface area contributed by atoms with Crippen LogP contribution >= 0.6 is 0 Å². The van der Waals surface area contributed by atoms with Gasteiger partial charge in [-0.2, -0.15) is 0 Å². The van der Waals surface area contributed by atoms with Crippen LogP contribution in [0.4, 0.5) is 0 Å². The molecule has 6 nitrogen and oxygen atoms in total. The minimum absolute atomic E-state index is 0.0613. The van der Waals surface area contributed by atoms with Gasteiger partial charge in [0.1, 0.15) is 13.2 Å². The summed E-state index contributed by atoms with van der Waals surface area (Å²) in [5.41, 5.74) is 0. The molecule has 0 aromatic carbocycles. The summed E-state index contributed by atoms with van der Waals surface area (Å²) in [7, 11) is 0. The fourth-order valence-electron chi connectivity index (χ4n) is 8.62. The summed E-state index contributed by atoms with van der Waals surface area (Å²) in [6.45, 7) is 6.70. The van der Waals surface area contributed by atoms with Crippen LogP contribution in [0.3, 0.4) is 0 Å². The third kappa shape index (κ3) is 49.4. The van der Waals surface area contributed by atoms with Crippen molar-refractivity contribution in [3.8, 4) is 0 Å². The Morgan fingerprint density at radius 3 is 0.645 bits per heavy atom. The fourth-order valence-corrected chi connectivity index (χ4v) is 8.62. The SMILES string of the molecule is CCCCCCCCCCCCCCCCCCCCC(=O)OCC(COC(=O)CCCCCCCCCCCCCCC)OC(=O)CCCCCCCCCCCCCCC. The van der Waals surface area contributed by atoms with E-state index in [1.807, 2.05) is 0 Å². The van der Waals surface area contributed by atoms with Crippen molar-refractivity contribution in [3.05, 3.63) is 0 Å². The van der Waals surface area contributed by atoms with Crippen molar-refractivity contribution in [2.24, 2.45) is 0 Å². The summed E-state index contributed by atoms with van der Waals surface area (Å²) < 4.78 is 16.9. The topological polar surface area (TPSA) is 78.9 Å². The van der Waals surface area contributed by atoms with Gasteiger partial charge < -0.3 is 14.2 Å². The number of rotatable bonds is 52. The maximum Gasteiger partial charge on any atom is 0.306 e. The molecule has 0 fully saturated rings. The van der Waals surface area contributed by atoms with Crippen LogP contribution in [0.2, 0.25) is 0 Å². The van der Waals surface area contributed by atoms with Crippen LogP contribution in [-0.2, 0) is 28.6 Å². The molecule has 0 aromatic heterocycles. The molecule has 1 atom stereocenters. The van der Waals surface area contributed by atoms with E-state index >= 15 is 0 Å². The smallest absolute Gasteiger partial charge is 0.306 e. The summed E-state index contributed by atoms with van der Waals surface area (Å²) in [5.74, 6) is -0.835. The van der Waals surface area contributed by atoms with Crippen LogP contribution in [0.5, 0.6) is 0 Å². The van der Waals surface area contributed by atoms with Gasteiger partial charge in [0.05, 0.1) is 0 Å². The van der Waals surface area contributed by atoms with Gasteiger partial charge in [-0.15, -0.1) is 0 Å². The van der Waals surface area contributed by atoms with Gasteiger partial charge in [0.2, 0.25) is 0 Å². The molecule has 0 heterocycles. The zero-order chi connectivity index (χ0) is 45.1. The number of hydrogen-bond acceptors (Lipinski definition) is 6. The van der Waals surface area contributed by atoms with Crippen molar-refractivity contribution in [1.29, 1.82) is 0 Å². The molecular formula is C56H108O6. The van der Waals surface area contributed by atoms with Crippen molar-refractivity contribution < 1.29 is 28.6 Å². The highest BCUT2D eigenvalue weighted by molar-refractivity contribution is 5.71. The third-order valence-electron chi connectivity index (χ3n) is 12.9. The van der Waals surface area contributed by atoms with Crippen LogP contribution in [-0.4, -0.2) is 37.2 Å². The minimum Gasteiger partial charge on any atom is -0.462 e. The second-order valence-electron chi connectivity index (χ2n) is 19.2. The van der Waals surface area contributed by atoms with E-state index in [-0.39, 0.29) is 31.1 Å². The summed E-state index contributed by atoms with van der Waals surface area (Å²) in [5, 5.41) is 0. The summed E-state index contributed by atoms with van der Waals surface area (Å²) in [6, 6.07) is 0. The first-order valence-corrected chi connectivity index (χ1v) is 28.0. The molecule has 0 aromatic rings. The fraction of sp³-hybridized carbons (Fsp3) is 0.946. The Kier molecular flexibility index (Phi) is 50.7. The highest BCUT2D eigenvalue weighted by atomic mass is 16.6. The van der Waals surface area contributed by atoms with Gasteiger partial charge in [-0.1, -0.05) is 284 Å². The van der Waals surface area contributed by atoms with Gasteiger partial charge in [-0.25, -0.2) is 0 Å². The van der Waals surface area contributed by atoms with Crippen LogP contribution < -0.4 is 0 Å². The normalized spacial score (nSPS) is 11.9. The molecule has 0 spiro atoms. The molecular weight excluding hydrogens is 769 g/mol. The number of unbranched alkanes of at least 4 members (excludes halogenated alkanes) is 41. The zero-order valence-electron chi connectivity index (χ0n) is 42.2. The molecule has 0 N–H and O–H groups in total. The maximum absolute atomic E-state index is 12.8. The van der Waals surface area contributed by atoms with Gasteiger partial charge in [-0.05, 0) is 19.3 Å². The Labute approximate surface area is 387 Å². The first kappa shape index (κ1) is 60.4. The van der Waals surface area contributed by atoms with Gasteiger partial charge in [0.25, 0.3) is 0 Å². The lowest BCUT2D eigenvalue weighted by Crippen LogP contribution is -2.30. The summed E-state index contributed by atoms with van der Waals surface area (Å²) in [6.07, 6.45) is 56.6. The van der Waals surface area contributed by atoms with Gasteiger partial charge in [0, 0.05) is 19.3 Å². The Hall–Kier alpha value is -1.59. The first-order chi connectivity index (χ1) is 30.5. The average Bonchev–Trinajstić information content (AvgIpc) is 3.27. The second-order valence-corrected chi connectivity index (χ2v) is 19.2. The molecule has 0 saturated heterocycles. The van der Waals surface area contributed by atoms with Crippen LogP contribution in [0.15, 0.2) is 0 Å². The lowest BCUT2D eigenvalue weighted by molar-refractivity contribution is -0.167. The molecule has 62 heavy (non-hydrogen) atoms. The Morgan fingerprint density at radius 1 is 0.258 bits per heavy atom. The van der Waals surface area contributed by atoms with Gasteiger partial charge >= 0.3 is 17.9 Å². The Balaban J connectivity index is 4.26. The number of ether oxygens (including phenoxy) is 3. The van der Waals surface area contributed by atoms with E-state index in [1.165, 1.54) is 225 Å².